The quantitative estimate of drug-likeness (QED) is 0.552. The zero-order valence-corrected chi connectivity index (χ0v) is 16.9. The highest BCUT2D eigenvalue weighted by Crippen LogP contribution is 2.26. The minimum atomic E-state index is 0.563. The number of hydrogen-bond acceptors (Lipinski definition) is 4. The Hall–Kier alpha value is -0.850. The molecule has 0 aromatic rings. The van der Waals surface area contributed by atoms with Crippen molar-refractivity contribution in [3.05, 3.63) is 0 Å². The van der Waals surface area contributed by atoms with Crippen LogP contribution in [0.4, 0.5) is 0 Å². The van der Waals surface area contributed by atoms with Gasteiger partial charge in [-0.2, -0.15) is 0 Å². The Morgan fingerprint density at radius 1 is 1.08 bits per heavy atom. The number of guanidine groups is 1. The lowest BCUT2D eigenvalue weighted by Gasteiger charge is -2.36. The van der Waals surface area contributed by atoms with Crippen LogP contribution >= 0.6 is 0 Å². The fourth-order valence-corrected chi connectivity index (χ4v) is 4.63. The number of nitrogens with zero attached hydrogens (tertiary/aromatic N) is 3. The molecule has 0 aromatic carbocycles. The second-order valence-corrected chi connectivity index (χ2v) is 8.36. The normalized spacial score (nSPS) is 26.2. The molecule has 2 N–H and O–H groups in total. The van der Waals surface area contributed by atoms with Gasteiger partial charge in [0.05, 0.1) is 13.2 Å². The van der Waals surface area contributed by atoms with Gasteiger partial charge in [0.2, 0.25) is 0 Å². The SMILES string of the molecule is CN=C(NCC(C)CN1CCOCC1)NC1CCN(C2CCCC2)CC1. The monoisotopic (exact) mass is 365 g/mol. The molecule has 3 rings (SSSR count). The summed E-state index contributed by atoms with van der Waals surface area (Å²) in [7, 11) is 1.88. The van der Waals surface area contributed by atoms with Crippen molar-refractivity contribution in [3.8, 4) is 0 Å². The van der Waals surface area contributed by atoms with Gasteiger partial charge in [0.1, 0.15) is 0 Å². The summed E-state index contributed by atoms with van der Waals surface area (Å²) in [5.74, 6) is 1.58. The summed E-state index contributed by atoms with van der Waals surface area (Å²) in [6.45, 7) is 10.8. The van der Waals surface area contributed by atoms with Crippen molar-refractivity contribution in [2.24, 2.45) is 10.9 Å². The zero-order chi connectivity index (χ0) is 18.2. The number of nitrogens with one attached hydrogen (secondary N) is 2. The van der Waals surface area contributed by atoms with Crippen LogP contribution in [0, 0.1) is 5.92 Å². The summed E-state index contributed by atoms with van der Waals surface area (Å²) >= 11 is 0. The van der Waals surface area contributed by atoms with Crippen molar-refractivity contribution in [3.63, 3.8) is 0 Å². The van der Waals surface area contributed by atoms with Crippen LogP contribution in [0.15, 0.2) is 4.99 Å². The molecule has 0 radical (unpaired) electrons. The summed E-state index contributed by atoms with van der Waals surface area (Å²) in [6.07, 6.45) is 8.18. The molecule has 0 bridgehead atoms. The number of ether oxygens (including phenoxy) is 1. The molecule has 0 spiro atoms. The molecule has 1 aliphatic carbocycles. The third kappa shape index (κ3) is 6.10. The Morgan fingerprint density at radius 2 is 1.77 bits per heavy atom. The largest absolute Gasteiger partial charge is 0.379 e. The maximum Gasteiger partial charge on any atom is 0.191 e. The van der Waals surface area contributed by atoms with E-state index in [9.17, 15) is 0 Å². The molecule has 3 fully saturated rings. The fourth-order valence-electron chi connectivity index (χ4n) is 4.63. The zero-order valence-electron chi connectivity index (χ0n) is 16.9. The molecule has 1 unspecified atom stereocenters. The van der Waals surface area contributed by atoms with Gasteiger partial charge in [-0.05, 0) is 31.6 Å². The molecule has 6 heteroatoms. The summed E-state index contributed by atoms with van der Waals surface area (Å²) in [4.78, 5) is 9.68. The van der Waals surface area contributed by atoms with Crippen molar-refractivity contribution >= 4 is 5.96 Å². The molecule has 0 amide bonds. The second-order valence-electron chi connectivity index (χ2n) is 8.36. The molecular formula is C20H39N5O. The first kappa shape index (κ1) is 19.9. The predicted octanol–water partition coefficient (Wildman–Crippen LogP) is 1.53. The average molecular weight is 366 g/mol. The summed E-state index contributed by atoms with van der Waals surface area (Å²) in [5, 5.41) is 7.19. The molecule has 2 aliphatic heterocycles. The van der Waals surface area contributed by atoms with Gasteiger partial charge in [-0.3, -0.25) is 9.89 Å². The Morgan fingerprint density at radius 3 is 2.42 bits per heavy atom. The van der Waals surface area contributed by atoms with Crippen LogP contribution < -0.4 is 10.6 Å². The maximum atomic E-state index is 5.43. The van der Waals surface area contributed by atoms with Gasteiger partial charge >= 0.3 is 0 Å². The number of aliphatic imine (C=N–C) groups is 1. The van der Waals surface area contributed by atoms with Crippen molar-refractivity contribution < 1.29 is 4.74 Å². The van der Waals surface area contributed by atoms with Gasteiger partial charge < -0.3 is 20.3 Å². The molecule has 1 saturated carbocycles. The summed E-state index contributed by atoms with van der Waals surface area (Å²) in [6, 6.07) is 1.43. The second kappa shape index (κ2) is 10.5. The van der Waals surface area contributed by atoms with E-state index >= 15 is 0 Å². The van der Waals surface area contributed by atoms with Crippen LogP contribution in [0.3, 0.4) is 0 Å². The molecule has 1 atom stereocenters. The average Bonchev–Trinajstić information content (AvgIpc) is 3.21. The van der Waals surface area contributed by atoms with E-state index in [1.165, 1.54) is 51.6 Å². The summed E-state index contributed by atoms with van der Waals surface area (Å²) in [5.41, 5.74) is 0. The van der Waals surface area contributed by atoms with Crippen LogP contribution in [0.25, 0.3) is 0 Å². The fraction of sp³-hybridized carbons (Fsp3) is 0.950. The van der Waals surface area contributed by atoms with Crippen molar-refractivity contribution in [2.45, 2.75) is 57.5 Å². The lowest BCUT2D eigenvalue weighted by atomic mass is 10.0. The first-order valence-corrected chi connectivity index (χ1v) is 10.8. The number of hydrogen-bond donors (Lipinski definition) is 2. The number of likely N-dealkylation sites (tertiary alicyclic amines) is 1. The van der Waals surface area contributed by atoms with E-state index in [1.54, 1.807) is 0 Å². The third-order valence-electron chi connectivity index (χ3n) is 6.23. The van der Waals surface area contributed by atoms with Crippen molar-refractivity contribution in [2.75, 3.05) is 59.5 Å². The van der Waals surface area contributed by atoms with Crippen LogP contribution in [0.5, 0.6) is 0 Å². The van der Waals surface area contributed by atoms with Gasteiger partial charge in [-0.25, -0.2) is 0 Å². The smallest absolute Gasteiger partial charge is 0.191 e. The van der Waals surface area contributed by atoms with Gasteiger partial charge in [-0.15, -0.1) is 0 Å². The van der Waals surface area contributed by atoms with E-state index < -0.39 is 0 Å². The predicted molar refractivity (Wildman–Crippen MR) is 108 cm³/mol. The molecule has 3 aliphatic rings. The Balaban J connectivity index is 1.32. The van der Waals surface area contributed by atoms with Gasteiger partial charge in [-0.1, -0.05) is 19.8 Å². The first-order valence-electron chi connectivity index (χ1n) is 10.8. The first-order chi connectivity index (χ1) is 12.7. The van der Waals surface area contributed by atoms with Crippen LogP contribution in [0.1, 0.15) is 45.4 Å². The van der Waals surface area contributed by atoms with E-state index in [0.29, 0.717) is 12.0 Å². The minimum absolute atomic E-state index is 0.563. The molecule has 0 aromatic heterocycles. The number of rotatable bonds is 6. The molecular weight excluding hydrogens is 326 g/mol. The van der Waals surface area contributed by atoms with Crippen LogP contribution in [-0.4, -0.2) is 87.4 Å². The highest BCUT2D eigenvalue weighted by atomic mass is 16.5. The molecule has 150 valence electrons. The molecule has 2 saturated heterocycles. The van der Waals surface area contributed by atoms with E-state index in [-0.39, 0.29) is 0 Å². The van der Waals surface area contributed by atoms with Gasteiger partial charge in [0.25, 0.3) is 0 Å². The van der Waals surface area contributed by atoms with E-state index in [2.05, 4.69) is 32.3 Å². The minimum Gasteiger partial charge on any atom is -0.379 e. The van der Waals surface area contributed by atoms with E-state index in [4.69, 9.17) is 4.74 Å². The van der Waals surface area contributed by atoms with E-state index in [1.807, 2.05) is 7.05 Å². The van der Waals surface area contributed by atoms with Crippen molar-refractivity contribution in [1.29, 1.82) is 0 Å². The lowest BCUT2D eigenvalue weighted by Crippen LogP contribution is -2.51. The molecule has 26 heavy (non-hydrogen) atoms. The lowest BCUT2D eigenvalue weighted by molar-refractivity contribution is 0.0320. The summed E-state index contributed by atoms with van der Waals surface area (Å²) < 4.78 is 5.43. The van der Waals surface area contributed by atoms with Gasteiger partial charge in [0, 0.05) is 58.4 Å². The molecule has 6 nitrogen and oxygen atoms in total. The van der Waals surface area contributed by atoms with Crippen LogP contribution in [0.2, 0.25) is 0 Å². The molecule has 2 heterocycles. The maximum absolute atomic E-state index is 5.43. The number of piperidine rings is 1. The Labute approximate surface area is 159 Å². The topological polar surface area (TPSA) is 52.1 Å². The Kier molecular flexibility index (Phi) is 8.02. The van der Waals surface area contributed by atoms with Crippen LogP contribution in [-0.2, 0) is 4.74 Å². The van der Waals surface area contributed by atoms with Crippen molar-refractivity contribution in [1.82, 2.24) is 20.4 Å². The third-order valence-corrected chi connectivity index (χ3v) is 6.23. The highest BCUT2D eigenvalue weighted by molar-refractivity contribution is 5.79. The van der Waals surface area contributed by atoms with Gasteiger partial charge in [0.15, 0.2) is 5.96 Å². The highest BCUT2D eigenvalue weighted by Gasteiger charge is 2.27. The number of morpholine rings is 1. The standard InChI is InChI=1S/C20H39N5O/c1-17(16-24-11-13-26-14-12-24)15-22-20(21-2)23-18-7-9-25(10-8-18)19-5-3-4-6-19/h17-19H,3-16H2,1-2H3,(H2,21,22,23). The Bertz CT molecular complexity index is 424. The van der Waals surface area contributed by atoms with E-state index in [0.717, 1.165) is 51.4 Å².